The van der Waals surface area contributed by atoms with Crippen LogP contribution in [0.2, 0.25) is 0 Å². The van der Waals surface area contributed by atoms with Crippen molar-refractivity contribution in [3.63, 3.8) is 0 Å². The van der Waals surface area contributed by atoms with Crippen LogP contribution in [-0.4, -0.2) is 80.6 Å². The molecule has 300 valence electrons. The monoisotopic (exact) mass is 741 g/mol. The number of esters is 2. The van der Waals surface area contributed by atoms with Gasteiger partial charge < -0.3 is 23.8 Å². The number of ether oxygens (including phenoxy) is 3. The molecule has 0 amide bonds. The molecule has 0 heterocycles. The Morgan fingerprint density at radius 3 is 1.55 bits per heavy atom. The number of hydrogen-bond donors (Lipinski definition) is 1. The Morgan fingerprint density at radius 1 is 0.566 bits per heavy atom. The summed E-state index contributed by atoms with van der Waals surface area (Å²) in [4.78, 5) is 36.7. The molecular formula is C45H74NO7+. The summed E-state index contributed by atoms with van der Waals surface area (Å²) >= 11 is 0. The molecule has 0 rings (SSSR count). The number of hydrogen-bond acceptors (Lipinski definition) is 6. The van der Waals surface area contributed by atoms with Crippen LogP contribution in [0.5, 0.6) is 0 Å². The molecule has 0 radical (unpaired) electrons. The highest BCUT2D eigenvalue weighted by Crippen LogP contribution is 2.12. The maximum Gasteiger partial charge on any atom is 0.362 e. The van der Waals surface area contributed by atoms with E-state index in [1.807, 2.05) is 33.3 Å². The van der Waals surface area contributed by atoms with Crippen LogP contribution in [0.4, 0.5) is 0 Å². The van der Waals surface area contributed by atoms with E-state index in [1.54, 1.807) is 0 Å². The fraction of sp³-hybridized carbons (Fsp3) is 0.622. The van der Waals surface area contributed by atoms with Gasteiger partial charge >= 0.3 is 17.9 Å². The quantitative estimate of drug-likeness (QED) is 0.0303. The van der Waals surface area contributed by atoms with Crippen molar-refractivity contribution in [2.45, 2.75) is 142 Å². The Bertz CT molecular complexity index is 1140. The predicted molar refractivity (Wildman–Crippen MR) is 220 cm³/mol. The number of aliphatic carboxylic acids is 1. The number of carboxylic acid groups (broad SMARTS) is 1. The van der Waals surface area contributed by atoms with Crippen molar-refractivity contribution in [2.75, 3.05) is 41.0 Å². The smallest absolute Gasteiger partial charge is 0.362 e. The third kappa shape index (κ3) is 34.1. The number of likely N-dealkylation sites (N-methyl/N-ethyl adjacent to an activating group) is 1. The van der Waals surface area contributed by atoms with Gasteiger partial charge in [-0.1, -0.05) is 125 Å². The second-order valence-electron chi connectivity index (χ2n) is 14.1. The van der Waals surface area contributed by atoms with E-state index in [9.17, 15) is 19.5 Å². The van der Waals surface area contributed by atoms with Crippen molar-refractivity contribution in [3.8, 4) is 0 Å². The van der Waals surface area contributed by atoms with E-state index in [0.29, 0.717) is 19.3 Å². The highest BCUT2D eigenvalue weighted by atomic mass is 16.6. The van der Waals surface area contributed by atoms with Gasteiger partial charge in [0.15, 0.2) is 12.1 Å². The van der Waals surface area contributed by atoms with E-state index in [1.165, 1.54) is 12.8 Å². The van der Waals surface area contributed by atoms with Crippen molar-refractivity contribution in [2.24, 2.45) is 0 Å². The molecule has 0 fully saturated rings. The Kier molecular flexibility index (Phi) is 33.2. The van der Waals surface area contributed by atoms with Crippen LogP contribution in [0.3, 0.4) is 0 Å². The first kappa shape index (κ1) is 49.5. The van der Waals surface area contributed by atoms with Gasteiger partial charge in [-0.3, -0.25) is 9.59 Å². The Hall–Kier alpha value is -3.49. The standard InChI is InChI=1S/C45H73NO7/c1-6-8-10-12-14-15-16-17-18-19-20-21-22-23-24-25-26-27-28-30-32-34-36-44(48)53-41(39-51-38-37-42(45(49)50)46(3,4)5)40-52-43(47)35-33-31-29-13-11-9-7-2/h8-11,14-15,17-18,20-21,23-24,29,31,41-42H,6-7,12-13,16,19,22,25-28,30,32-40H2,1-5H3/p+1/b10-8+,11-9+,15-14+,18-17+,21-20+,24-23+,31-29+. The first-order valence-corrected chi connectivity index (χ1v) is 20.1. The number of rotatable bonds is 34. The summed E-state index contributed by atoms with van der Waals surface area (Å²) in [6, 6.07) is -0.627. The summed E-state index contributed by atoms with van der Waals surface area (Å²) in [5.41, 5.74) is 0. The Labute approximate surface area is 323 Å². The Morgan fingerprint density at radius 2 is 1.04 bits per heavy atom. The highest BCUT2D eigenvalue weighted by Gasteiger charge is 2.31. The summed E-state index contributed by atoms with van der Waals surface area (Å²) in [6.45, 7) is 4.36. The number of carboxylic acids is 1. The van der Waals surface area contributed by atoms with Crippen LogP contribution in [0.25, 0.3) is 0 Å². The van der Waals surface area contributed by atoms with Gasteiger partial charge in [0.2, 0.25) is 0 Å². The summed E-state index contributed by atoms with van der Waals surface area (Å²) < 4.78 is 17.1. The van der Waals surface area contributed by atoms with Crippen LogP contribution in [0, 0.1) is 0 Å². The van der Waals surface area contributed by atoms with Gasteiger partial charge in [0.05, 0.1) is 34.4 Å². The average Bonchev–Trinajstić information content (AvgIpc) is 3.11. The van der Waals surface area contributed by atoms with Gasteiger partial charge in [0.25, 0.3) is 0 Å². The second-order valence-corrected chi connectivity index (χ2v) is 14.1. The van der Waals surface area contributed by atoms with Crippen molar-refractivity contribution in [1.29, 1.82) is 0 Å². The van der Waals surface area contributed by atoms with Crippen LogP contribution in [0.15, 0.2) is 85.1 Å². The molecule has 8 nitrogen and oxygen atoms in total. The molecule has 0 saturated heterocycles. The van der Waals surface area contributed by atoms with Crippen LogP contribution >= 0.6 is 0 Å². The molecule has 0 bridgehead atoms. The first-order chi connectivity index (χ1) is 25.6. The molecule has 2 unspecified atom stereocenters. The van der Waals surface area contributed by atoms with E-state index in [4.69, 9.17) is 14.2 Å². The number of carbonyl (C=O) groups is 3. The molecule has 0 spiro atoms. The minimum Gasteiger partial charge on any atom is -0.477 e. The van der Waals surface area contributed by atoms with E-state index in [-0.39, 0.29) is 42.7 Å². The highest BCUT2D eigenvalue weighted by molar-refractivity contribution is 5.72. The Balaban J connectivity index is 4.34. The molecule has 0 aliphatic heterocycles. The molecule has 0 saturated carbocycles. The molecule has 1 N–H and O–H groups in total. The molecule has 0 aliphatic carbocycles. The van der Waals surface area contributed by atoms with Crippen molar-refractivity contribution < 1.29 is 38.2 Å². The minimum absolute atomic E-state index is 0.0318. The van der Waals surface area contributed by atoms with Gasteiger partial charge in [0.1, 0.15) is 6.61 Å². The minimum atomic E-state index is -0.890. The van der Waals surface area contributed by atoms with Crippen molar-refractivity contribution >= 4 is 17.9 Å². The number of allylic oxidation sites excluding steroid dienone is 14. The maximum atomic E-state index is 12.7. The van der Waals surface area contributed by atoms with Gasteiger partial charge in [-0.2, -0.15) is 0 Å². The lowest BCUT2D eigenvalue weighted by Crippen LogP contribution is -2.50. The molecule has 0 aliphatic rings. The van der Waals surface area contributed by atoms with Crippen LogP contribution in [0.1, 0.15) is 129 Å². The molecule has 53 heavy (non-hydrogen) atoms. The SMILES string of the molecule is CC/C=C/C/C=C/C/C=C/C/C=C/C/C=C/CCCCCCCCC(=O)OC(COCCC(C(=O)O)[N+](C)(C)C)COC(=O)CC/C=C/C/C=C/CC. The maximum absolute atomic E-state index is 12.7. The van der Waals surface area contributed by atoms with Crippen molar-refractivity contribution in [1.82, 2.24) is 0 Å². The van der Waals surface area contributed by atoms with Gasteiger partial charge in [0, 0.05) is 19.3 Å². The lowest BCUT2D eigenvalue weighted by Gasteiger charge is -2.31. The van der Waals surface area contributed by atoms with Crippen LogP contribution in [-0.2, 0) is 28.6 Å². The first-order valence-electron chi connectivity index (χ1n) is 20.1. The fourth-order valence-corrected chi connectivity index (χ4v) is 5.23. The molecule has 8 heteroatoms. The van der Waals surface area contributed by atoms with Gasteiger partial charge in [-0.25, -0.2) is 4.79 Å². The average molecular weight is 741 g/mol. The number of carbonyl (C=O) groups excluding carboxylic acids is 2. The third-order valence-electron chi connectivity index (χ3n) is 8.30. The molecular weight excluding hydrogens is 666 g/mol. The zero-order chi connectivity index (χ0) is 39.3. The third-order valence-corrected chi connectivity index (χ3v) is 8.30. The normalized spacial score (nSPS) is 13.9. The summed E-state index contributed by atoms with van der Waals surface area (Å²) in [7, 11) is 5.48. The van der Waals surface area contributed by atoms with Crippen LogP contribution < -0.4 is 0 Å². The number of quaternary nitrogens is 1. The number of nitrogens with zero attached hydrogens (tertiary/aromatic N) is 1. The summed E-state index contributed by atoms with van der Waals surface area (Å²) in [5, 5.41) is 9.57. The van der Waals surface area contributed by atoms with Gasteiger partial charge in [-0.15, -0.1) is 0 Å². The molecule has 2 atom stereocenters. The fourth-order valence-electron chi connectivity index (χ4n) is 5.23. The molecule has 0 aromatic carbocycles. The summed E-state index contributed by atoms with van der Waals surface area (Å²) in [6.07, 6.45) is 45.3. The zero-order valence-electron chi connectivity index (χ0n) is 33.9. The van der Waals surface area contributed by atoms with Crippen molar-refractivity contribution in [3.05, 3.63) is 85.1 Å². The van der Waals surface area contributed by atoms with E-state index < -0.39 is 18.1 Å². The second kappa shape index (κ2) is 35.5. The topological polar surface area (TPSA) is 99.1 Å². The number of unbranched alkanes of at least 4 members (excludes halogenated alkanes) is 6. The zero-order valence-corrected chi connectivity index (χ0v) is 33.9. The lowest BCUT2D eigenvalue weighted by molar-refractivity contribution is -0.887. The predicted octanol–water partition coefficient (Wildman–Crippen LogP) is 10.6. The molecule has 0 aromatic heterocycles. The summed E-state index contributed by atoms with van der Waals surface area (Å²) in [5.74, 6) is -1.60. The van der Waals surface area contributed by atoms with E-state index >= 15 is 0 Å². The largest absolute Gasteiger partial charge is 0.477 e. The van der Waals surface area contributed by atoms with E-state index in [0.717, 1.165) is 77.0 Å². The molecule has 0 aromatic rings. The van der Waals surface area contributed by atoms with Gasteiger partial charge in [-0.05, 0) is 70.6 Å². The van der Waals surface area contributed by atoms with E-state index in [2.05, 4.69) is 86.8 Å². The lowest BCUT2D eigenvalue weighted by atomic mass is 10.1.